The quantitative estimate of drug-likeness (QED) is 0.446. The molecule has 24 heavy (non-hydrogen) atoms. The summed E-state index contributed by atoms with van der Waals surface area (Å²) in [6, 6.07) is 11.2. The summed E-state index contributed by atoms with van der Waals surface area (Å²) < 4.78 is 5.41. The molecule has 0 aliphatic carbocycles. The molecule has 0 N–H and O–H groups in total. The summed E-state index contributed by atoms with van der Waals surface area (Å²) in [5.74, 6) is 0.817. The van der Waals surface area contributed by atoms with E-state index in [-0.39, 0.29) is 21.0 Å². The molecule has 1 heterocycles. The number of hydrogen-bond donors (Lipinski definition) is 0. The summed E-state index contributed by atoms with van der Waals surface area (Å²) in [7, 11) is 0. The number of aromatic nitrogens is 1. The van der Waals surface area contributed by atoms with E-state index in [4.69, 9.17) is 11.3 Å². The molecular weight excluding hydrogens is 316 g/mol. The first-order valence-corrected chi connectivity index (χ1v) is 8.10. The standard InChI is InChI=1S/C10H11NO.C8H11NS.2CH4/c1-8(2)12-10-6-4-9(11-3)5-7-10;1-7(2)10-8-3-5-9-6-4-8;;/h4-8H,1-2H3;3-7H,1-2H3;2*1H4. The van der Waals surface area contributed by atoms with Crippen LogP contribution < -0.4 is 4.74 Å². The molecule has 0 unspecified atom stereocenters. The van der Waals surface area contributed by atoms with Gasteiger partial charge in [0.05, 0.1) is 12.7 Å². The fourth-order valence-electron chi connectivity index (χ4n) is 1.56. The van der Waals surface area contributed by atoms with Gasteiger partial charge in [0.1, 0.15) is 5.75 Å². The molecule has 1 aromatic heterocycles. The lowest BCUT2D eigenvalue weighted by Gasteiger charge is -2.08. The van der Waals surface area contributed by atoms with Crippen LogP contribution in [0.25, 0.3) is 4.85 Å². The van der Waals surface area contributed by atoms with Gasteiger partial charge in [-0.15, -0.1) is 11.8 Å². The molecule has 0 saturated carbocycles. The van der Waals surface area contributed by atoms with Crippen LogP contribution in [0.5, 0.6) is 5.75 Å². The van der Waals surface area contributed by atoms with Gasteiger partial charge in [-0.3, -0.25) is 4.98 Å². The van der Waals surface area contributed by atoms with Crippen LogP contribution in [0.4, 0.5) is 5.69 Å². The molecule has 0 saturated heterocycles. The Hall–Kier alpha value is -1.99. The number of thioether (sulfide) groups is 1. The van der Waals surface area contributed by atoms with Crippen molar-refractivity contribution in [2.24, 2.45) is 0 Å². The lowest BCUT2D eigenvalue weighted by Crippen LogP contribution is -2.04. The summed E-state index contributed by atoms with van der Waals surface area (Å²) in [5, 5.41) is 0.655. The van der Waals surface area contributed by atoms with E-state index in [9.17, 15) is 0 Å². The molecule has 1 aromatic carbocycles. The second kappa shape index (κ2) is 13.4. The Morgan fingerprint density at radius 2 is 1.50 bits per heavy atom. The smallest absolute Gasteiger partial charge is 0.187 e. The van der Waals surface area contributed by atoms with Crippen molar-refractivity contribution < 1.29 is 4.74 Å². The van der Waals surface area contributed by atoms with Crippen molar-refractivity contribution in [2.75, 3.05) is 0 Å². The SMILES string of the molecule is C.C.CC(C)Sc1ccncc1.[C-]#[N+]c1ccc(OC(C)C)cc1. The lowest BCUT2D eigenvalue weighted by atomic mass is 10.3. The van der Waals surface area contributed by atoms with Gasteiger partial charge >= 0.3 is 0 Å². The molecule has 3 nitrogen and oxygen atoms in total. The summed E-state index contributed by atoms with van der Waals surface area (Å²) in [4.78, 5) is 8.52. The highest BCUT2D eigenvalue weighted by atomic mass is 32.2. The van der Waals surface area contributed by atoms with Crippen LogP contribution in [0.1, 0.15) is 42.5 Å². The first kappa shape index (κ1) is 24.3. The van der Waals surface area contributed by atoms with Gasteiger partial charge in [0.2, 0.25) is 0 Å². The predicted molar refractivity (Wildman–Crippen MR) is 107 cm³/mol. The van der Waals surface area contributed by atoms with Gasteiger partial charge in [-0.1, -0.05) is 40.8 Å². The van der Waals surface area contributed by atoms with Crippen LogP contribution >= 0.6 is 11.8 Å². The zero-order valence-corrected chi connectivity index (χ0v) is 14.3. The predicted octanol–water partition coefficient (Wildman–Crippen LogP) is 6.88. The highest BCUT2D eigenvalue weighted by Crippen LogP contribution is 2.21. The summed E-state index contributed by atoms with van der Waals surface area (Å²) in [6.07, 6.45) is 3.83. The van der Waals surface area contributed by atoms with Crippen LogP contribution in [-0.2, 0) is 0 Å². The highest BCUT2D eigenvalue weighted by molar-refractivity contribution is 7.99. The van der Waals surface area contributed by atoms with Crippen LogP contribution in [0.3, 0.4) is 0 Å². The van der Waals surface area contributed by atoms with E-state index in [1.54, 1.807) is 12.1 Å². The molecule has 0 aliphatic heterocycles. The van der Waals surface area contributed by atoms with Crippen molar-refractivity contribution in [3.8, 4) is 5.75 Å². The number of pyridine rings is 1. The Kier molecular flexibility index (Phi) is 13.6. The molecule has 2 aromatic rings. The number of hydrogen-bond acceptors (Lipinski definition) is 3. The molecule has 0 atom stereocenters. The molecule has 0 radical (unpaired) electrons. The Morgan fingerprint density at radius 1 is 0.958 bits per heavy atom. The van der Waals surface area contributed by atoms with Crippen molar-refractivity contribution in [1.82, 2.24) is 4.98 Å². The highest BCUT2D eigenvalue weighted by Gasteiger charge is 1.96. The van der Waals surface area contributed by atoms with Gasteiger partial charge in [0.25, 0.3) is 0 Å². The van der Waals surface area contributed by atoms with Gasteiger partial charge in [-0.05, 0) is 38.1 Å². The normalized spacial score (nSPS) is 9.04. The molecule has 4 heteroatoms. The molecule has 0 amide bonds. The van der Waals surface area contributed by atoms with E-state index in [2.05, 4.69) is 23.7 Å². The van der Waals surface area contributed by atoms with Crippen LogP contribution in [0.15, 0.2) is 53.7 Å². The van der Waals surface area contributed by atoms with E-state index < -0.39 is 0 Å². The van der Waals surface area contributed by atoms with Crippen LogP contribution in [0, 0.1) is 6.57 Å². The third-order valence-corrected chi connectivity index (χ3v) is 3.37. The van der Waals surface area contributed by atoms with Gasteiger partial charge in [0.15, 0.2) is 5.69 Å². The van der Waals surface area contributed by atoms with E-state index in [1.165, 1.54) is 4.90 Å². The maximum Gasteiger partial charge on any atom is 0.187 e. The Labute approximate surface area is 152 Å². The number of nitrogens with zero attached hydrogens (tertiary/aromatic N) is 2. The summed E-state index contributed by atoms with van der Waals surface area (Å²) in [6.45, 7) is 15.1. The molecular formula is C20H30N2OS. The Balaban J connectivity index is 0. The largest absolute Gasteiger partial charge is 0.491 e. The Morgan fingerprint density at radius 3 is 1.92 bits per heavy atom. The van der Waals surface area contributed by atoms with E-state index in [0.29, 0.717) is 10.9 Å². The molecule has 0 aliphatic rings. The van der Waals surface area contributed by atoms with Crippen molar-refractivity contribution in [2.45, 2.75) is 58.8 Å². The molecule has 0 bridgehead atoms. The van der Waals surface area contributed by atoms with Crippen molar-refractivity contribution >= 4 is 17.4 Å². The lowest BCUT2D eigenvalue weighted by molar-refractivity contribution is 0.242. The second-order valence-electron chi connectivity index (χ2n) is 5.12. The maximum atomic E-state index is 6.74. The third-order valence-electron chi connectivity index (χ3n) is 2.36. The first-order valence-electron chi connectivity index (χ1n) is 7.22. The van der Waals surface area contributed by atoms with Crippen molar-refractivity contribution in [3.63, 3.8) is 0 Å². The monoisotopic (exact) mass is 346 g/mol. The Bertz CT molecular complexity index is 575. The van der Waals surface area contributed by atoms with E-state index in [1.807, 2.05) is 62.3 Å². The summed E-state index contributed by atoms with van der Waals surface area (Å²) >= 11 is 1.86. The summed E-state index contributed by atoms with van der Waals surface area (Å²) in [5.41, 5.74) is 0.645. The van der Waals surface area contributed by atoms with Crippen LogP contribution in [-0.4, -0.2) is 16.3 Å². The number of ether oxygens (including phenoxy) is 1. The van der Waals surface area contributed by atoms with Crippen molar-refractivity contribution in [1.29, 1.82) is 0 Å². The zero-order chi connectivity index (χ0) is 16.4. The number of rotatable bonds is 4. The molecule has 132 valence electrons. The molecule has 2 rings (SSSR count). The molecule has 0 spiro atoms. The van der Waals surface area contributed by atoms with Gasteiger partial charge in [0, 0.05) is 22.5 Å². The maximum absolute atomic E-state index is 6.74. The van der Waals surface area contributed by atoms with Gasteiger partial charge in [-0.25, -0.2) is 4.85 Å². The minimum atomic E-state index is 0. The average Bonchev–Trinajstić information content (AvgIpc) is 2.48. The van der Waals surface area contributed by atoms with E-state index >= 15 is 0 Å². The van der Waals surface area contributed by atoms with Crippen LogP contribution in [0.2, 0.25) is 0 Å². The minimum absolute atomic E-state index is 0. The van der Waals surface area contributed by atoms with E-state index in [0.717, 1.165) is 5.75 Å². The minimum Gasteiger partial charge on any atom is -0.491 e. The zero-order valence-electron chi connectivity index (χ0n) is 13.5. The second-order valence-corrected chi connectivity index (χ2v) is 6.77. The van der Waals surface area contributed by atoms with Crippen molar-refractivity contribution in [3.05, 3.63) is 60.2 Å². The van der Waals surface area contributed by atoms with Gasteiger partial charge in [-0.2, -0.15) is 0 Å². The fourth-order valence-corrected chi connectivity index (χ4v) is 2.38. The fraction of sp³-hybridized carbons (Fsp3) is 0.400. The third kappa shape index (κ3) is 10.7. The topological polar surface area (TPSA) is 26.5 Å². The van der Waals surface area contributed by atoms with Gasteiger partial charge < -0.3 is 4.74 Å². The number of benzene rings is 1. The first-order chi connectivity index (χ1) is 10.5. The average molecular weight is 347 g/mol. The molecule has 0 fully saturated rings.